The summed E-state index contributed by atoms with van der Waals surface area (Å²) in [6.07, 6.45) is 0.435. The van der Waals surface area contributed by atoms with Gasteiger partial charge in [-0.15, -0.1) is 0 Å². The van der Waals surface area contributed by atoms with Crippen LogP contribution in [0, 0.1) is 13.8 Å². The number of aryl methyl sites for hydroxylation is 2. The first-order valence-electron chi connectivity index (χ1n) is 8.73. The SMILES string of the molecule is Cc1ccc(C)c(NC(=O)c2ccc(C(=O)NC3CCS(=O)(=O)C3)cc2)c1. The molecule has 1 aliphatic heterocycles. The Kier molecular flexibility index (Phi) is 5.32. The lowest BCUT2D eigenvalue weighted by Gasteiger charge is -2.12. The van der Waals surface area contributed by atoms with Gasteiger partial charge in [0.2, 0.25) is 0 Å². The molecular weight excluding hydrogens is 364 g/mol. The number of amides is 2. The van der Waals surface area contributed by atoms with Crippen LogP contribution in [0.2, 0.25) is 0 Å². The largest absolute Gasteiger partial charge is 0.348 e. The molecule has 2 N–H and O–H groups in total. The van der Waals surface area contributed by atoms with Gasteiger partial charge < -0.3 is 10.6 Å². The second-order valence-corrected chi connectivity index (χ2v) is 9.15. The van der Waals surface area contributed by atoms with Crippen molar-refractivity contribution in [2.24, 2.45) is 0 Å². The Bertz CT molecular complexity index is 982. The van der Waals surface area contributed by atoms with Crippen molar-refractivity contribution in [3.05, 3.63) is 64.7 Å². The van der Waals surface area contributed by atoms with Gasteiger partial charge in [0.05, 0.1) is 11.5 Å². The minimum absolute atomic E-state index is 0.0188. The Balaban J connectivity index is 1.65. The number of hydrogen-bond donors (Lipinski definition) is 2. The maximum atomic E-state index is 12.4. The molecule has 27 heavy (non-hydrogen) atoms. The Labute approximate surface area is 158 Å². The second kappa shape index (κ2) is 7.52. The van der Waals surface area contributed by atoms with Crippen molar-refractivity contribution in [2.75, 3.05) is 16.8 Å². The molecule has 3 rings (SSSR count). The standard InChI is InChI=1S/C20H22N2O4S/c1-13-3-4-14(2)18(11-13)22-20(24)16-7-5-15(6-8-16)19(23)21-17-9-10-27(25,26)12-17/h3-8,11,17H,9-10,12H2,1-2H3,(H,21,23)(H,22,24). The van der Waals surface area contributed by atoms with Crippen LogP contribution in [0.5, 0.6) is 0 Å². The predicted octanol–water partition coefficient (Wildman–Crippen LogP) is 2.47. The Hall–Kier alpha value is -2.67. The van der Waals surface area contributed by atoms with Crippen molar-refractivity contribution in [3.63, 3.8) is 0 Å². The Morgan fingerprint density at radius 3 is 2.19 bits per heavy atom. The van der Waals surface area contributed by atoms with E-state index >= 15 is 0 Å². The molecule has 2 aromatic carbocycles. The Morgan fingerprint density at radius 1 is 0.963 bits per heavy atom. The smallest absolute Gasteiger partial charge is 0.255 e. The van der Waals surface area contributed by atoms with Crippen LogP contribution >= 0.6 is 0 Å². The number of rotatable bonds is 4. The van der Waals surface area contributed by atoms with Crippen molar-refractivity contribution in [3.8, 4) is 0 Å². The summed E-state index contributed by atoms with van der Waals surface area (Å²) in [5.74, 6) is -0.499. The van der Waals surface area contributed by atoms with E-state index in [1.165, 1.54) is 0 Å². The molecule has 1 fully saturated rings. The molecule has 0 bridgehead atoms. The van der Waals surface area contributed by atoms with E-state index in [1.807, 2.05) is 32.0 Å². The molecule has 2 aromatic rings. The van der Waals surface area contributed by atoms with Crippen molar-refractivity contribution in [2.45, 2.75) is 26.3 Å². The van der Waals surface area contributed by atoms with Gasteiger partial charge in [-0.3, -0.25) is 9.59 Å². The molecular formula is C20H22N2O4S. The second-order valence-electron chi connectivity index (χ2n) is 6.92. The summed E-state index contributed by atoms with van der Waals surface area (Å²) >= 11 is 0. The van der Waals surface area contributed by atoms with E-state index in [0.29, 0.717) is 17.5 Å². The topological polar surface area (TPSA) is 92.3 Å². The predicted molar refractivity (Wildman–Crippen MR) is 105 cm³/mol. The van der Waals surface area contributed by atoms with Gasteiger partial charge in [-0.25, -0.2) is 8.42 Å². The fraction of sp³-hybridized carbons (Fsp3) is 0.300. The lowest BCUT2D eigenvalue weighted by atomic mass is 10.1. The average Bonchev–Trinajstić information content (AvgIpc) is 2.96. The fourth-order valence-corrected chi connectivity index (χ4v) is 4.69. The lowest BCUT2D eigenvalue weighted by molar-refractivity contribution is 0.0939. The summed E-state index contributed by atoms with van der Waals surface area (Å²) in [6, 6.07) is 11.8. The molecule has 6 nitrogen and oxygen atoms in total. The molecule has 2 amide bonds. The minimum Gasteiger partial charge on any atom is -0.348 e. The average molecular weight is 386 g/mol. The van der Waals surface area contributed by atoms with Crippen molar-refractivity contribution in [1.82, 2.24) is 5.32 Å². The molecule has 1 heterocycles. The van der Waals surface area contributed by atoms with E-state index in [0.717, 1.165) is 16.8 Å². The summed E-state index contributed by atoms with van der Waals surface area (Å²) in [6.45, 7) is 3.88. The molecule has 1 unspecified atom stereocenters. The van der Waals surface area contributed by atoms with Crippen molar-refractivity contribution >= 4 is 27.3 Å². The Morgan fingerprint density at radius 2 is 1.59 bits per heavy atom. The van der Waals surface area contributed by atoms with E-state index < -0.39 is 9.84 Å². The zero-order valence-corrected chi connectivity index (χ0v) is 16.1. The number of nitrogens with one attached hydrogen (secondary N) is 2. The third-order valence-corrected chi connectivity index (χ3v) is 6.39. The summed E-state index contributed by atoms with van der Waals surface area (Å²) < 4.78 is 23.0. The minimum atomic E-state index is -3.05. The fourth-order valence-electron chi connectivity index (χ4n) is 3.02. The molecule has 0 saturated carbocycles. The van der Waals surface area contributed by atoms with Gasteiger partial charge in [-0.2, -0.15) is 0 Å². The molecule has 7 heteroatoms. The number of sulfone groups is 1. The molecule has 142 valence electrons. The van der Waals surface area contributed by atoms with Crippen molar-refractivity contribution in [1.29, 1.82) is 0 Å². The summed E-state index contributed by atoms with van der Waals surface area (Å²) in [4.78, 5) is 24.7. The molecule has 0 radical (unpaired) electrons. The zero-order valence-electron chi connectivity index (χ0n) is 15.3. The van der Waals surface area contributed by atoms with Crippen LogP contribution in [0.3, 0.4) is 0 Å². The lowest BCUT2D eigenvalue weighted by Crippen LogP contribution is -2.35. The first-order chi connectivity index (χ1) is 12.7. The number of benzene rings is 2. The molecule has 0 aliphatic carbocycles. The van der Waals surface area contributed by atoms with Crippen LogP contribution in [0.4, 0.5) is 5.69 Å². The highest BCUT2D eigenvalue weighted by atomic mass is 32.2. The van der Waals surface area contributed by atoms with Gasteiger partial charge in [-0.05, 0) is 61.7 Å². The number of carbonyl (C=O) groups excluding carboxylic acids is 2. The quantitative estimate of drug-likeness (QED) is 0.844. The highest BCUT2D eigenvalue weighted by molar-refractivity contribution is 7.91. The van der Waals surface area contributed by atoms with Crippen LogP contribution in [0.15, 0.2) is 42.5 Å². The van der Waals surface area contributed by atoms with E-state index in [1.54, 1.807) is 24.3 Å². The van der Waals surface area contributed by atoms with Gasteiger partial charge in [-0.1, -0.05) is 12.1 Å². The van der Waals surface area contributed by atoms with Crippen LogP contribution in [0.1, 0.15) is 38.3 Å². The van der Waals surface area contributed by atoms with Crippen LogP contribution < -0.4 is 10.6 Å². The highest BCUT2D eigenvalue weighted by Crippen LogP contribution is 2.18. The first-order valence-corrected chi connectivity index (χ1v) is 10.6. The summed E-state index contributed by atoms with van der Waals surface area (Å²) in [5.41, 5.74) is 3.61. The van der Waals surface area contributed by atoms with E-state index in [4.69, 9.17) is 0 Å². The van der Waals surface area contributed by atoms with Crippen LogP contribution in [0.25, 0.3) is 0 Å². The molecule has 1 aliphatic rings. The maximum absolute atomic E-state index is 12.4. The zero-order chi connectivity index (χ0) is 19.6. The molecule has 1 atom stereocenters. The summed E-state index contributed by atoms with van der Waals surface area (Å²) in [7, 11) is -3.05. The van der Waals surface area contributed by atoms with Crippen molar-refractivity contribution < 1.29 is 18.0 Å². The van der Waals surface area contributed by atoms with E-state index in [-0.39, 0.29) is 29.4 Å². The number of anilines is 1. The third kappa shape index (κ3) is 4.74. The van der Waals surface area contributed by atoms with Crippen LogP contribution in [-0.2, 0) is 9.84 Å². The highest BCUT2D eigenvalue weighted by Gasteiger charge is 2.29. The first kappa shape index (κ1) is 19.1. The third-order valence-electron chi connectivity index (χ3n) is 4.62. The maximum Gasteiger partial charge on any atom is 0.255 e. The van der Waals surface area contributed by atoms with E-state index in [2.05, 4.69) is 10.6 Å². The number of carbonyl (C=O) groups is 2. The monoisotopic (exact) mass is 386 g/mol. The molecule has 0 aromatic heterocycles. The van der Waals surface area contributed by atoms with E-state index in [9.17, 15) is 18.0 Å². The van der Waals surface area contributed by atoms with Gasteiger partial charge >= 0.3 is 0 Å². The van der Waals surface area contributed by atoms with Gasteiger partial charge in [0.15, 0.2) is 9.84 Å². The normalized spacial score (nSPS) is 18.1. The van der Waals surface area contributed by atoms with Crippen LogP contribution in [-0.4, -0.2) is 37.8 Å². The number of hydrogen-bond acceptors (Lipinski definition) is 4. The molecule has 0 spiro atoms. The summed E-state index contributed by atoms with van der Waals surface area (Å²) in [5, 5.41) is 5.61. The molecule has 1 saturated heterocycles. The van der Waals surface area contributed by atoms with Gasteiger partial charge in [0, 0.05) is 22.9 Å². The van der Waals surface area contributed by atoms with Gasteiger partial charge in [0.1, 0.15) is 0 Å². The van der Waals surface area contributed by atoms with Gasteiger partial charge in [0.25, 0.3) is 11.8 Å².